The van der Waals surface area contributed by atoms with Crippen LogP contribution in [0.4, 0.5) is 10.5 Å². The minimum Gasteiger partial charge on any atom is -0.491 e. The molecule has 1 aromatic carbocycles. The fourth-order valence-electron chi connectivity index (χ4n) is 5.35. The van der Waals surface area contributed by atoms with Gasteiger partial charge in [0.15, 0.2) is 0 Å². The molecule has 36 heavy (non-hydrogen) atoms. The number of carbonyl (C=O) groups is 3. The van der Waals surface area contributed by atoms with Gasteiger partial charge in [-0.2, -0.15) is 0 Å². The van der Waals surface area contributed by atoms with Gasteiger partial charge in [0, 0.05) is 24.0 Å². The topological polar surface area (TPSA) is 135 Å². The van der Waals surface area contributed by atoms with Crippen LogP contribution in [0.5, 0.6) is 11.6 Å². The second kappa shape index (κ2) is 8.77. The van der Waals surface area contributed by atoms with E-state index in [0.717, 1.165) is 25.7 Å². The Kier molecular flexibility index (Phi) is 5.86. The first-order chi connectivity index (χ1) is 17.0. The summed E-state index contributed by atoms with van der Waals surface area (Å²) in [5.74, 6) is -0.0333. The lowest BCUT2D eigenvalue weighted by molar-refractivity contribution is -0.138. The van der Waals surface area contributed by atoms with Crippen molar-refractivity contribution in [3.05, 3.63) is 48.2 Å². The van der Waals surface area contributed by atoms with E-state index in [2.05, 4.69) is 4.98 Å². The Morgan fingerprint density at radius 2 is 1.94 bits per heavy atom. The van der Waals surface area contributed by atoms with Gasteiger partial charge in [-0.1, -0.05) is 6.07 Å². The molecular formula is C26H30N4O6. The van der Waals surface area contributed by atoms with E-state index in [4.69, 9.17) is 15.2 Å². The van der Waals surface area contributed by atoms with Crippen molar-refractivity contribution >= 4 is 23.5 Å². The number of anilines is 1. The van der Waals surface area contributed by atoms with Crippen molar-refractivity contribution in [2.75, 3.05) is 18.1 Å². The van der Waals surface area contributed by atoms with Gasteiger partial charge in [0.1, 0.15) is 30.6 Å². The van der Waals surface area contributed by atoms with E-state index in [1.54, 1.807) is 56.4 Å². The van der Waals surface area contributed by atoms with E-state index in [9.17, 15) is 19.5 Å². The van der Waals surface area contributed by atoms with Gasteiger partial charge < -0.3 is 20.3 Å². The Morgan fingerprint density at radius 3 is 2.64 bits per heavy atom. The second-order valence-corrected chi connectivity index (χ2v) is 10.7. The van der Waals surface area contributed by atoms with E-state index in [1.165, 1.54) is 9.80 Å². The van der Waals surface area contributed by atoms with Gasteiger partial charge in [-0.3, -0.25) is 19.4 Å². The quantitative estimate of drug-likeness (QED) is 0.538. The Bertz CT molecular complexity index is 1190. The van der Waals surface area contributed by atoms with Crippen LogP contribution in [-0.4, -0.2) is 63.7 Å². The van der Waals surface area contributed by atoms with Crippen molar-refractivity contribution in [1.29, 1.82) is 0 Å². The van der Waals surface area contributed by atoms with E-state index in [-0.39, 0.29) is 54.1 Å². The largest absolute Gasteiger partial charge is 0.491 e. The number of imide groups is 1. The summed E-state index contributed by atoms with van der Waals surface area (Å²) in [7, 11) is 0. The number of aliphatic hydroxyl groups is 1. The standard InChI is InChI=1S/C26H30N4O6/c1-25(2,34)15-35-18-6-3-5-16(9-18)29-14-21(31)30(24(29)33)17-10-26(11-17)12-19(13-26)36-23-20(22(27)32)7-4-8-28-23/h3-9,17,19,34H,10-15H2,1-2H3,(H2,27,32). The number of nitrogens with zero attached hydrogens (tertiary/aromatic N) is 3. The van der Waals surface area contributed by atoms with Gasteiger partial charge in [-0.05, 0) is 69.2 Å². The van der Waals surface area contributed by atoms with Crippen LogP contribution in [0.2, 0.25) is 0 Å². The van der Waals surface area contributed by atoms with Crippen molar-refractivity contribution in [2.45, 2.75) is 57.3 Å². The molecule has 3 fully saturated rings. The van der Waals surface area contributed by atoms with Gasteiger partial charge in [0.2, 0.25) is 5.88 Å². The normalized spacial score (nSPS) is 25.5. The molecule has 1 aliphatic heterocycles. The lowest BCUT2D eigenvalue weighted by atomic mass is 9.52. The first kappa shape index (κ1) is 24.1. The van der Waals surface area contributed by atoms with Crippen LogP contribution in [-0.2, 0) is 4.79 Å². The summed E-state index contributed by atoms with van der Waals surface area (Å²) in [5, 5.41) is 9.89. The van der Waals surface area contributed by atoms with Gasteiger partial charge in [-0.25, -0.2) is 9.78 Å². The van der Waals surface area contributed by atoms with Gasteiger partial charge >= 0.3 is 6.03 Å². The molecule has 1 spiro atoms. The van der Waals surface area contributed by atoms with Gasteiger partial charge in [0.05, 0.1) is 5.60 Å². The van der Waals surface area contributed by atoms with Crippen LogP contribution < -0.4 is 20.1 Å². The molecule has 3 N–H and O–H groups in total. The Hall–Kier alpha value is -3.66. The molecule has 5 rings (SSSR count). The number of nitrogens with two attached hydrogens (primary N) is 1. The number of hydrogen-bond acceptors (Lipinski definition) is 7. The summed E-state index contributed by atoms with van der Waals surface area (Å²) in [4.78, 5) is 44.5. The average molecular weight is 495 g/mol. The zero-order valence-electron chi connectivity index (χ0n) is 20.3. The minimum atomic E-state index is -0.986. The van der Waals surface area contributed by atoms with Crippen molar-refractivity contribution in [3.8, 4) is 11.6 Å². The van der Waals surface area contributed by atoms with Crippen LogP contribution >= 0.6 is 0 Å². The van der Waals surface area contributed by atoms with Crippen molar-refractivity contribution < 1.29 is 29.0 Å². The van der Waals surface area contributed by atoms with Crippen molar-refractivity contribution in [2.24, 2.45) is 11.1 Å². The summed E-state index contributed by atoms with van der Waals surface area (Å²) < 4.78 is 11.5. The highest BCUT2D eigenvalue weighted by Crippen LogP contribution is 2.58. The molecule has 1 saturated heterocycles. The number of rotatable bonds is 8. The van der Waals surface area contributed by atoms with E-state index in [0.29, 0.717) is 11.4 Å². The maximum atomic E-state index is 13.2. The zero-order valence-corrected chi connectivity index (χ0v) is 20.3. The van der Waals surface area contributed by atoms with Crippen LogP contribution in [0.1, 0.15) is 49.9 Å². The zero-order chi connectivity index (χ0) is 25.7. The molecule has 0 bridgehead atoms. The molecule has 190 valence electrons. The Morgan fingerprint density at radius 1 is 1.19 bits per heavy atom. The highest BCUT2D eigenvalue weighted by atomic mass is 16.5. The number of ether oxygens (including phenoxy) is 2. The number of urea groups is 1. The Balaban J connectivity index is 1.17. The van der Waals surface area contributed by atoms with Crippen LogP contribution in [0.25, 0.3) is 0 Å². The molecule has 10 nitrogen and oxygen atoms in total. The fourth-order valence-corrected chi connectivity index (χ4v) is 5.35. The second-order valence-electron chi connectivity index (χ2n) is 10.7. The predicted octanol–water partition coefficient (Wildman–Crippen LogP) is 2.49. The van der Waals surface area contributed by atoms with E-state index < -0.39 is 11.5 Å². The third-order valence-corrected chi connectivity index (χ3v) is 7.06. The van der Waals surface area contributed by atoms with Crippen LogP contribution in [0.15, 0.2) is 42.6 Å². The maximum Gasteiger partial charge on any atom is 0.331 e. The predicted molar refractivity (Wildman–Crippen MR) is 130 cm³/mol. The highest BCUT2D eigenvalue weighted by Gasteiger charge is 2.58. The lowest BCUT2D eigenvalue weighted by Gasteiger charge is -2.58. The molecule has 2 heterocycles. The number of primary amides is 1. The summed E-state index contributed by atoms with van der Waals surface area (Å²) in [6.45, 7) is 3.39. The molecule has 2 saturated carbocycles. The molecule has 0 atom stereocenters. The fraction of sp³-hybridized carbons (Fsp3) is 0.462. The maximum absolute atomic E-state index is 13.2. The number of hydrogen-bond donors (Lipinski definition) is 2. The molecule has 1 aromatic heterocycles. The smallest absolute Gasteiger partial charge is 0.331 e. The van der Waals surface area contributed by atoms with Crippen LogP contribution in [0.3, 0.4) is 0 Å². The third kappa shape index (κ3) is 4.60. The summed E-state index contributed by atoms with van der Waals surface area (Å²) >= 11 is 0. The molecule has 0 unspecified atom stereocenters. The molecule has 2 aliphatic carbocycles. The summed E-state index contributed by atoms with van der Waals surface area (Å²) in [5.41, 5.74) is 5.29. The third-order valence-electron chi connectivity index (χ3n) is 7.06. The van der Waals surface area contributed by atoms with Crippen molar-refractivity contribution in [1.82, 2.24) is 9.88 Å². The van der Waals surface area contributed by atoms with Crippen LogP contribution in [0, 0.1) is 5.41 Å². The first-order valence-corrected chi connectivity index (χ1v) is 12.0. The number of aromatic nitrogens is 1. The Labute approximate surface area is 209 Å². The highest BCUT2D eigenvalue weighted by molar-refractivity contribution is 6.12. The van der Waals surface area contributed by atoms with E-state index in [1.807, 2.05) is 0 Å². The number of carbonyl (C=O) groups excluding carboxylic acids is 3. The average Bonchev–Trinajstić information content (AvgIpc) is 3.07. The number of amides is 4. The minimum absolute atomic E-state index is 0.0153. The lowest BCUT2D eigenvalue weighted by Crippen LogP contribution is -2.60. The molecule has 3 aliphatic rings. The summed E-state index contributed by atoms with van der Waals surface area (Å²) in [6, 6.07) is 9.73. The van der Waals surface area contributed by atoms with Crippen molar-refractivity contribution in [3.63, 3.8) is 0 Å². The molecular weight excluding hydrogens is 464 g/mol. The summed E-state index contributed by atoms with van der Waals surface area (Å²) in [6.07, 6.45) is 4.50. The number of benzene rings is 1. The monoisotopic (exact) mass is 494 g/mol. The van der Waals surface area contributed by atoms with Gasteiger partial charge in [-0.15, -0.1) is 0 Å². The van der Waals surface area contributed by atoms with E-state index >= 15 is 0 Å². The SMILES string of the molecule is CC(C)(O)COc1cccc(N2CC(=O)N(C3CC4(CC(Oc5ncccc5C(N)=O)C4)C3)C2=O)c1. The first-order valence-electron chi connectivity index (χ1n) is 12.0. The molecule has 2 aromatic rings. The molecule has 4 amide bonds. The number of pyridine rings is 1. The molecule has 0 radical (unpaired) electrons. The van der Waals surface area contributed by atoms with Gasteiger partial charge in [0.25, 0.3) is 11.8 Å². The molecule has 10 heteroatoms.